The third-order valence-electron chi connectivity index (χ3n) is 3.17. The van der Waals surface area contributed by atoms with Crippen LogP contribution in [0.4, 0.5) is 5.69 Å². The first-order valence-electron chi connectivity index (χ1n) is 7.31. The van der Waals surface area contributed by atoms with Crippen LogP contribution >= 0.6 is 0 Å². The molecule has 0 atom stereocenters. The summed E-state index contributed by atoms with van der Waals surface area (Å²) in [6, 6.07) is 13.4. The largest absolute Gasteiger partial charge is 0.507 e. The molecule has 1 N–H and O–H groups in total. The Hall–Kier alpha value is -2.29. The predicted octanol–water partition coefficient (Wildman–Crippen LogP) is 4.49. The lowest BCUT2D eigenvalue weighted by Gasteiger charge is -2.06. The molecule has 0 saturated heterocycles. The second-order valence-corrected chi connectivity index (χ2v) is 4.85. The topological polar surface area (TPSA) is 41.8 Å². The van der Waals surface area contributed by atoms with Crippen LogP contribution in [-0.2, 0) is 6.42 Å². The zero-order valence-electron chi connectivity index (χ0n) is 12.5. The van der Waals surface area contributed by atoms with Crippen molar-refractivity contribution in [2.45, 2.75) is 26.7 Å². The number of hydrogen-bond acceptors (Lipinski definition) is 3. The summed E-state index contributed by atoms with van der Waals surface area (Å²) in [5.74, 6) is 0.858. The zero-order valence-corrected chi connectivity index (χ0v) is 12.5. The van der Waals surface area contributed by atoms with E-state index in [9.17, 15) is 5.11 Å². The molecule has 2 aromatic carbocycles. The molecular weight excluding hydrogens is 262 g/mol. The fourth-order valence-corrected chi connectivity index (χ4v) is 1.90. The maximum atomic E-state index is 9.98. The van der Waals surface area contributed by atoms with Gasteiger partial charge in [0.15, 0.2) is 0 Å². The van der Waals surface area contributed by atoms with E-state index in [0.29, 0.717) is 17.9 Å². The quantitative estimate of drug-likeness (QED) is 0.793. The highest BCUT2D eigenvalue weighted by Crippen LogP contribution is 2.23. The van der Waals surface area contributed by atoms with Crippen LogP contribution in [0.5, 0.6) is 11.5 Å². The molecule has 0 saturated carbocycles. The van der Waals surface area contributed by atoms with Gasteiger partial charge < -0.3 is 9.84 Å². The number of rotatable bonds is 6. The molecular formula is C18H21NO2. The lowest BCUT2D eigenvalue weighted by Crippen LogP contribution is -1.95. The van der Waals surface area contributed by atoms with Crippen LogP contribution in [0.15, 0.2) is 47.5 Å². The summed E-state index contributed by atoms with van der Waals surface area (Å²) in [6.45, 7) is 4.82. The van der Waals surface area contributed by atoms with Crippen molar-refractivity contribution in [1.82, 2.24) is 0 Å². The van der Waals surface area contributed by atoms with Gasteiger partial charge in [0.05, 0.1) is 12.3 Å². The van der Waals surface area contributed by atoms with Gasteiger partial charge >= 0.3 is 0 Å². The minimum absolute atomic E-state index is 0.178. The first-order valence-corrected chi connectivity index (χ1v) is 7.31. The molecule has 2 rings (SSSR count). The minimum atomic E-state index is 0.178. The van der Waals surface area contributed by atoms with Crippen LogP contribution in [0.3, 0.4) is 0 Å². The normalized spacial score (nSPS) is 11.0. The van der Waals surface area contributed by atoms with Gasteiger partial charge in [-0.3, -0.25) is 4.99 Å². The van der Waals surface area contributed by atoms with E-state index in [2.05, 4.69) is 24.0 Å². The lowest BCUT2D eigenvalue weighted by atomic mass is 10.1. The molecule has 110 valence electrons. The molecule has 0 heterocycles. The third kappa shape index (κ3) is 4.35. The lowest BCUT2D eigenvalue weighted by molar-refractivity contribution is 0.315. The van der Waals surface area contributed by atoms with Crippen LogP contribution in [0.25, 0.3) is 0 Å². The van der Waals surface area contributed by atoms with Crippen LogP contribution in [0, 0.1) is 0 Å². The maximum Gasteiger partial charge on any atom is 0.128 e. The summed E-state index contributed by atoms with van der Waals surface area (Å²) >= 11 is 0. The van der Waals surface area contributed by atoms with E-state index in [4.69, 9.17) is 4.74 Å². The van der Waals surface area contributed by atoms with Gasteiger partial charge in [-0.25, -0.2) is 0 Å². The first-order chi connectivity index (χ1) is 10.2. The van der Waals surface area contributed by atoms with Gasteiger partial charge in [0.2, 0.25) is 0 Å². The standard InChI is InChI=1S/C18H21NO2/c1-3-11-21-17-10-7-15(18(20)12-17)13-19-16-8-5-14(4-2)6-9-16/h5-10,12-13,20H,3-4,11H2,1-2H3. The van der Waals surface area contributed by atoms with Crippen LogP contribution < -0.4 is 4.74 Å². The Labute approximate surface area is 125 Å². The number of phenolic OH excluding ortho intramolecular Hbond substituents is 1. The molecule has 0 radical (unpaired) electrons. The Morgan fingerprint density at radius 1 is 1.10 bits per heavy atom. The molecule has 21 heavy (non-hydrogen) atoms. The van der Waals surface area contributed by atoms with Crippen LogP contribution in [0.2, 0.25) is 0 Å². The molecule has 0 aliphatic heterocycles. The van der Waals surface area contributed by atoms with Gasteiger partial charge in [-0.2, -0.15) is 0 Å². The summed E-state index contributed by atoms with van der Waals surface area (Å²) in [6.07, 6.45) is 3.63. The molecule has 0 unspecified atom stereocenters. The molecule has 0 bridgehead atoms. The van der Waals surface area contributed by atoms with E-state index in [1.165, 1.54) is 5.56 Å². The van der Waals surface area contributed by atoms with Gasteiger partial charge in [-0.15, -0.1) is 0 Å². The second-order valence-electron chi connectivity index (χ2n) is 4.85. The van der Waals surface area contributed by atoms with Crippen molar-refractivity contribution < 1.29 is 9.84 Å². The van der Waals surface area contributed by atoms with Gasteiger partial charge in [0, 0.05) is 17.8 Å². The molecule has 0 aliphatic carbocycles. The number of benzene rings is 2. The van der Waals surface area contributed by atoms with Crippen LogP contribution in [-0.4, -0.2) is 17.9 Å². The highest BCUT2D eigenvalue weighted by Gasteiger charge is 2.01. The molecule has 0 aliphatic rings. The molecule has 0 amide bonds. The summed E-state index contributed by atoms with van der Waals surface area (Å²) < 4.78 is 5.47. The van der Waals surface area contributed by atoms with Crippen molar-refractivity contribution in [3.8, 4) is 11.5 Å². The molecule has 0 spiro atoms. The molecule has 0 aromatic heterocycles. The summed E-state index contributed by atoms with van der Waals surface area (Å²) in [4.78, 5) is 4.38. The SMILES string of the molecule is CCCOc1ccc(C=Nc2ccc(CC)cc2)c(O)c1. The highest BCUT2D eigenvalue weighted by molar-refractivity contribution is 5.85. The number of nitrogens with zero attached hydrogens (tertiary/aromatic N) is 1. The Morgan fingerprint density at radius 3 is 2.48 bits per heavy atom. The van der Waals surface area contributed by atoms with E-state index in [1.807, 2.05) is 31.2 Å². The van der Waals surface area contributed by atoms with E-state index >= 15 is 0 Å². The van der Waals surface area contributed by atoms with Crippen molar-refractivity contribution >= 4 is 11.9 Å². The number of ether oxygens (including phenoxy) is 1. The van der Waals surface area contributed by atoms with E-state index in [1.54, 1.807) is 12.3 Å². The average Bonchev–Trinajstić information content (AvgIpc) is 2.52. The van der Waals surface area contributed by atoms with Gasteiger partial charge in [0.25, 0.3) is 0 Å². The number of aromatic hydroxyl groups is 1. The fourth-order valence-electron chi connectivity index (χ4n) is 1.90. The number of aliphatic imine (C=N–C) groups is 1. The Morgan fingerprint density at radius 2 is 1.86 bits per heavy atom. The number of phenols is 1. The Kier molecular flexibility index (Phi) is 5.38. The molecule has 2 aromatic rings. The highest BCUT2D eigenvalue weighted by atomic mass is 16.5. The van der Waals surface area contributed by atoms with E-state index in [-0.39, 0.29) is 5.75 Å². The van der Waals surface area contributed by atoms with Gasteiger partial charge in [-0.05, 0) is 42.7 Å². The molecule has 0 fully saturated rings. The van der Waals surface area contributed by atoms with Gasteiger partial charge in [-0.1, -0.05) is 26.0 Å². The minimum Gasteiger partial charge on any atom is -0.507 e. The maximum absolute atomic E-state index is 9.98. The average molecular weight is 283 g/mol. The van der Waals surface area contributed by atoms with E-state index in [0.717, 1.165) is 18.5 Å². The van der Waals surface area contributed by atoms with Crippen molar-refractivity contribution in [1.29, 1.82) is 0 Å². The first kappa shape index (κ1) is 15.1. The third-order valence-corrected chi connectivity index (χ3v) is 3.17. The van der Waals surface area contributed by atoms with Crippen molar-refractivity contribution in [2.75, 3.05) is 6.61 Å². The van der Waals surface area contributed by atoms with Gasteiger partial charge in [0.1, 0.15) is 11.5 Å². The van der Waals surface area contributed by atoms with E-state index < -0.39 is 0 Å². The Balaban J connectivity index is 2.09. The summed E-state index contributed by atoms with van der Waals surface area (Å²) in [5, 5.41) is 9.98. The van der Waals surface area contributed by atoms with Crippen LogP contribution in [0.1, 0.15) is 31.4 Å². The van der Waals surface area contributed by atoms with Crippen molar-refractivity contribution in [3.63, 3.8) is 0 Å². The van der Waals surface area contributed by atoms with Crippen molar-refractivity contribution in [2.24, 2.45) is 4.99 Å². The predicted molar refractivity (Wildman–Crippen MR) is 87.0 cm³/mol. The molecule has 3 heteroatoms. The number of hydrogen-bond donors (Lipinski definition) is 1. The fraction of sp³-hybridized carbons (Fsp3) is 0.278. The second kappa shape index (κ2) is 7.48. The van der Waals surface area contributed by atoms with Crippen molar-refractivity contribution in [3.05, 3.63) is 53.6 Å². The number of aryl methyl sites for hydroxylation is 1. The smallest absolute Gasteiger partial charge is 0.128 e. The molecule has 3 nitrogen and oxygen atoms in total. The monoisotopic (exact) mass is 283 g/mol. The zero-order chi connectivity index (χ0) is 15.1. The Bertz CT molecular complexity index is 603. The summed E-state index contributed by atoms with van der Waals surface area (Å²) in [7, 11) is 0. The summed E-state index contributed by atoms with van der Waals surface area (Å²) in [5.41, 5.74) is 2.84.